The van der Waals surface area contributed by atoms with E-state index in [1.165, 1.54) is 0 Å². The summed E-state index contributed by atoms with van der Waals surface area (Å²) in [6, 6.07) is 1.97. The van der Waals surface area contributed by atoms with Gasteiger partial charge in [0.2, 0.25) is 0 Å². The number of carbonyl (C=O) groups is 1. The summed E-state index contributed by atoms with van der Waals surface area (Å²) in [5.74, 6) is 0.107. The van der Waals surface area contributed by atoms with Crippen molar-refractivity contribution in [2.75, 3.05) is 5.33 Å². The molecule has 0 radical (unpaired) electrons. The van der Waals surface area contributed by atoms with E-state index in [0.29, 0.717) is 5.33 Å². The second kappa shape index (κ2) is 3.22. The van der Waals surface area contributed by atoms with Crippen LogP contribution in [0.1, 0.15) is 21.7 Å². The molecular weight excluding hydrogens is 206 g/mol. The van der Waals surface area contributed by atoms with E-state index >= 15 is 0 Å². The Morgan fingerprint density at radius 2 is 2.27 bits per heavy atom. The van der Waals surface area contributed by atoms with Gasteiger partial charge in [-0.05, 0) is 25.5 Å². The van der Waals surface area contributed by atoms with Gasteiger partial charge in [-0.15, -0.1) is 0 Å². The number of aromatic nitrogens is 1. The van der Waals surface area contributed by atoms with Crippen LogP contribution >= 0.6 is 15.9 Å². The third-order valence-corrected chi connectivity index (χ3v) is 2.06. The molecule has 0 fully saturated rings. The van der Waals surface area contributed by atoms with E-state index in [4.69, 9.17) is 0 Å². The summed E-state index contributed by atoms with van der Waals surface area (Å²) in [6.07, 6.45) is 0. The zero-order chi connectivity index (χ0) is 8.43. The number of aromatic amines is 1. The normalized spacial score (nSPS) is 10.1. The van der Waals surface area contributed by atoms with Crippen LogP contribution in [0.3, 0.4) is 0 Å². The molecule has 0 saturated carbocycles. The molecule has 0 amide bonds. The number of hydrogen-bond acceptors (Lipinski definition) is 1. The SMILES string of the molecule is Cc1cc(C)c(C(=O)CBr)[nH]1. The van der Waals surface area contributed by atoms with E-state index in [1.54, 1.807) is 0 Å². The van der Waals surface area contributed by atoms with Crippen molar-refractivity contribution >= 4 is 21.7 Å². The van der Waals surface area contributed by atoms with Gasteiger partial charge in [0, 0.05) is 5.69 Å². The Bertz CT molecular complexity index is 278. The molecule has 1 rings (SSSR count). The molecule has 0 saturated heterocycles. The molecule has 0 atom stereocenters. The van der Waals surface area contributed by atoms with E-state index in [-0.39, 0.29) is 5.78 Å². The van der Waals surface area contributed by atoms with Gasteiger partial charge in [0.1, 0.15) is 0 Å². The third kappa shape index (κ3) is 1.71. The van der Waals surface area contributed by atoms with Crippen molar-refractivity contribution in [3.63, 3.8) is 0 Å². The van der Waals surface area contributed by atoms with Gasteiger partial charge in [-0.3, -0.25) is 4.79 Å². The number of Topliss-reactive ketones (excluding diaryl/α,β-unsaturated/α-hetero) is 1. The highest BCUT2D eigenvalue weighted by Gasteiger charge is 2.08. The number of hydrogen-bond donors (Lipinski definition) is 1. The Balaban J connectivity index is 3.03. The number of alkyl halides is 1. The molecular formula is C8H10BrNO. The maximum absolute atomic E-state index is 11.2. The fourth-order valence-electron chi connectivity index (χ4n) is 1.09. The molecule has 1 aromatic rings. The fourth-order valence-corrected chi connectivity index (χ4v) is 1.37. The summed E-state index contributed by atoms with van der Waals surface area (Å²) < 4.78 is 0. The first-order valence-electron chi connectivity index (χ1n) is 3.40. The molecule has 1 N–H and O–H groups in total. The van der Waals surface area contributed by atoms with Crippen LogP contribution in [-0.4, -0.2) is 16.1 Å². The summed E-state index contributed by atoms with van der Waals surface area (Å²) >= 11 is 3.13. The Hall–Kier alpha value is -0.570. The highest BCUT2D eigenvalue weighted by Crippen LogP contribution is 2.10. The van der Waals surface area contributed by atoms with Crippen molar-refractivity contribution in [2.24, 2.45) is 0 Å². The van der Waals surface area contributed by atoms with Crippen LogP contribution in [0.25, 0.3) is 0 Å². The van der Waals surface area contributed by atoms with Crippen molar-refractivity contribution in [3.8, 4) is 0 Å². The Morgan fingerprint density at radius 3 is 2.64 bits per heavy atom. The van der Waals surface area contributed by atoms with Gasteiger partial charge in [-0.1, -0.05) is 15.9 Å². The van der Waals surface area contributed by atoms with E-state index in [2.05, 4.69) is 20.9 Å². The van der Waals surface area contributed by atoms with Crippen LogP contribution in [-0.2, 0) is 0 Å². The van der Waals surface area contributed by atoms with Gasteiger partial charge in [0.15, 0.2) is 5.78 Å². The largest absolute Gasteiger partial charge is 0.356 e. The Labute approximate surface area is 74.1 Å². The summed E-state index contributed by atoms with van der Waals surface area (Å²) in [4.78, 5) is 14.2. The molecule has 60 valence electrons. The number of aryl methyl sites for hydroxylation is 2. The van der Waals surface area contributed by atoms with Gasteiger partial charge >= 0.3 is 0 Å². The molecule has 3 heteroatoms. The lowest BCUT2D eigenvalue weighted by Crippen LogP contribution is -2.01. The molecule has 0 aliphatic rings. The Morgan fingerprint density at radius 1 is 1.64 bits per heavy atom. The van der Waals surface area contributed by atoms with Gasteiger partial charge < -0.3 is 4.98 Å². The molecule has 0 aromatic carbocycles. The zero-order valence-electron chi connectivity index (χ0n) is 6.57. The molecule has 11 heavy (non-hydrogen) atoms. The first kappa shape index (κ1) is 8.53. The monoisotopic (exact) mass is 215 g/mol. The smallest absolute Gasteiger partial charge is 0.189 e. The van der Waals surface area contributed by atoms with Crippen molar-refractivity contribution in [1.82, 2.24) is 4.98 Å². The lowest BCUT2D eigenvalue weighted by atomic mass is 10.2. The van der Waals surface area contributed by atoms with Gasteiger partial charge in [0.25, 0.3) is 0 Å². The molecule has 1 heterocycles. The van der Waals surface area contributed by atoms with E-state index in [9.17, 15) is 4.79 Å². The minimum atomic E-state index is 0.107. The van der Waals surface area contributed by atoms with Gasteiger partial charge in [0.05, 0.1) is 11.0 Å². The van der Waals surface area contributed by atoms with Crippen LogP contribution < -0.4 is 0 Å². The summed E-state index contributed by atoms with van der Waals surface area (Å²) in [7, 11) is 0. The zero-order valence-corrected chi connectivity index (χ0v) is 8.16. The van der Waals surface area contributed by atoms with Crippen LogP contribution in [0.2, 0.25) is 0 Å². The lowest BCUT2D eigenvalue weighted by molar-refractivity contribution is 0.101. The molecule has 0 bridgehead atoms. The number of H-pyrrole nitrogens is 1. The van der Waals surface area contributed by atoms with Crippen molar-refractivity contribution < 1.29 is 4.79 Å². The number of rotatable bonds is 2. The first-order valence-corrected chi connectivity index (χ1v) is 4.52. The van der Waals surface area contributed by atoms with Crippen molar-refractivity contribution in [2.45, 2.75) is 13.8 Å². The maximum Gasteiger partial charge on any atom is 0.189 e. The Kier molecular flexibility index (Phi) is 2.49. The van der Waals surface area contributed by atoms with Gasteiger partial charge in [-0.25, -0.2) is 0 Å². The van der Waals surface area contributed by atoms with Crippen LogP contribution in [0.5, 0.6) is 0 Å². The van der Waals surface area contributed by atoms with E-state index in [1.807, 2.05) is 19.9 Å². The minimum absolute atomic E-state index is 0.107. The number of halogens is 1. The predicted molar refractivity (Wildman–Crippen MR) is 48.4 cm³/mol. The van der Waals surface area contributed by atoms with Crippen molar-refractivity contribution in [3.05, 3.63) is 23.0 Å². The van der Waals surface area contributed by atoms with Crippen LogP contribution in [0.4, 0.5) is 0 Å². The molecule has 1 aromatic heterocycles. The number of ketones is 1. The average molecular weight is 216 g/mol. The van der Waals surface area contributed by atoms with Crippen molar-refractivity contribution in [1.29, 1.82) is 0 Å². The molecule has 0 spiro atoms. The average Bonchev–Trinajstić information content (AvgIpc) is 2.28. The van der Waals surface area contributed by atoms with Crippen LogP contribution in [0, 0.1) is 13.8 Å². The first-order chi connectivity index (χ1) is 5.15. The second-order valence-electron chi connectivity index (χ2n) is 2.57. The third-order valence-electron chi connectivity index (χ3n) is 1.55. The lowest BCUT2D eigenvalue weighted by Gasteiger charge is -1.92. The highest BCUT2D eigenvalue weighted by atomic mass is 79.9. The molecule has 0 aliphatic carbocycles. The molecule has 2 nitrogen and oxygen atoms in total. The predicted octanol–water partition coefficient (Wildman–Crippen LogP) is 2.21. The quantitative estimate of drug-likeness (QED) is 0.596. The maximum atomic E-state index is 11.2. The van der Waals surface area contributed by atoms with Crippen LogP contribution in [0.15, 0.2) is 6.07 Å². The summed E-state index contributed by atoms with van der Waals surface area (Å²) in [6.45, 7) is 3.87. The highest BCUT2D eigenvalue weighted by molar-refractivity contribution is 9.09. The molecule has 0 aliphatic heterocycles. The van der Waals surface area contributed by atoms with E-state index in [0.717, 1.165) is 17.0 Å². The standard InChI is InChI=1S/C8H10BrNO/c1-5-3-6(2)10-8(5)7(11)4-9/h3,10H,4H2,1-2H3. The number of nitrogens with one attached hydrogen (secondary N) is 1. The number of carbonyl (C=O) groups excluding carboxylic acids is 1. The topological polar surface area (TPSA) is 32.9 Å². The second-order valence-corrected chi connectivity index (χ2v) is 3.13. The van der Waals surface area contributed by atoms with E-state index < -0.39 is 0 Å². The molecule has 0 unspecified atom stereocenters. The minimum Gasteiger partial charge on any atom is -0.356 e. The van der Waals surface area contributed by atoms with Gasteiger partial charge in [-0.2, -0.15) is 0 Å². The summed E-state index contributed by atoms with van der Waals surface area (Å²) in [5, 5.41) is 0.383. The fraction of sp³-hybridized carbons (Fsp3) is 0.375. The summed E-state index contributed by atoms with van der Waals surface area (Å²) in [5.41, 5.74) is 2.78.